The standard InChI is InChI=1S/C29H45O6P.Na.H/c1-26(2,3)17-13-19(23(30)21(15-17)28(7,8)9)25(35-36(32,33)34)20-14-18(27(4,5)6)16-22(24(20)31)29(10,11)12;;/h13-16,25,30-31H,1-12H3,(H2,32,33,34);;/q;+1;-1. The van der Waals surface area contributed by atoms with Gasteiger partial charge in [-0.3, -0.25) is 4.52 Å². The van der Waals surface area contributed by atoms with E-state index in [1.54, 1.807) is 12.1 Å². The third kappa shape index (κ3) is 8.32. The van der Waals surface area contributed by atoms with E-state index in [1.807, 2.05) is 95.2 Å². The van der Waals surface area contributed by atoms with E-state index >= 15 is 0 Å². The van der Waals surface area contributed by atoms with Gasteiger partial charge >= 0.3 is 37.4 Å². The molecule has 2 aromatic carbocycles. The summed E-state index contributed by atoms with van der Waals surface area (Å²) in [5.74, 6) is -0.210. The van der Waals surface area contributed by atoms with Gasteiger partial charge in [-0.1, -0.05) is 95.2 Å². The number of hydrogen-bond donors (Lipinski definition) is 4. The van der Waals surface area contributed by atoms with Crippen LogP contribution in [0.3, 0.4) is 0 Å². The summed E-state index contributed by atoms with van der Waals surface area (Å²) in [7, 11) is -5.04. The average molecular weight is 545 g/mol. The molecule has 0 atom stereocenters. The van der Waals surface area contributed by atoms with Crippen LogP contribution in [0.25, 0.3) is 0 Å². The molecule has 0 saturated carbocycles. The van der Waals surface area contributed by atoms with Gasteiger partial charge in [0.15, 0.2) is 0 Å². The van der Waals surface area contributed by atoms with Crippen LogP contribution in [0.15, 0.2) is 24.3 Å². The van der Waals surface area contributed by atoms with Crippen LogP contribution in [0.2, 0.25) is 0 Å². The third-order valence-electron chi connectivity index (χ3n) is 6.43. The molecule has 0 heterocycles. The van der Waals surface area contributed by atoms with E-state index in [1.165, 1.54) is 0 Å². The van der Waals surface area contributed by atoms with Crippen molar-refractivity contribution in [2.24, 2.45) is 0 Å². The first-order chi connectivity index (χ1) is 15.8. The topological polar surface area (TPSA) is 107 Å². The molecule has 2 aromatic rings. The Bertz CT molecular complexity index is 1100. The maximum atomic E-state index is 12.2. The van der Waals surface area contributed by atoms with Gasteiger partial charge in [-0.05, 0) is 56.0 Å². The van der Waals surface area contributed by atoms with Crippen molar-refractivity contribution in [1.82, 2.24) is 0 Å². The predicted molar refractivity (Wildman–Crippen MR) is 147 cm³/mol. The maximum Gasteiger partial charge on any atom is 1.00 e. The van der Waals surface area contributed by atoms with Crippen molar-refractivity contribution in [3.05, 3.63) is 57.6 Å². The molecule has 0 saturated heterocycles. The van der Waals surface area contributed by atoms with Gasteiger partial charge in [0.1, 0.15) is 17.6 Å². The number of phosphoric acid groups is 1. The van der Waals surface area contributed by atoms with Crippen LogP contribution in [0, 0.1) is 0 Å². The number of phosphoric ester groups is 1. The summed E-state index contributed by atoms with van der Waals surface area (Å²) in [6.07, 6.45) is -1.40. The molecule has 0 aliphatic rings. The predicted octanol–water partition coefficient (Wildman–Crippen LogP) is 4.60. The zero-order valence-electron chi connectivity index (χ0n) is 25.9. The van der Waals surface area contributed by atoms with Crippen molar-refractivity contribution >= 4 is 7.82 Å². The van der Waals surface area contributed by atoms with Gasteiger partial charge in [0.05, 0.1) is 0 Å². The smallest absolute Gasteiger partial charge is 1.00 e. The Labute approximate surface area is 246 Å². The summed E-state index contributed by atoms with van der Waals surface area (Å²) in [6, 6.07) is 7.31. The largest absolute Gasteiger partial charge is 1.00 e. The van der Waals surface area contributed by atoms with Crippen LogP contribution in [0.5, 0.6) is 11.5 Å². The molecule has 37 heavy (non-hydrogen) atoms. The number of phenolic OH excluding ortho intramolecular Hbond substituents is 2. The molecule has 4 N–H and O–H groups in total. The fourth-order valence-corrected chi connectivity index (χ4v) is 4.64. The zero-order chi connectivity index (χ0) is 28.2. The quantitative estimate of drug-likeness (QED) is 0.331. The van der Waals surface area contributed by atoms with Crippen molar-refractivity contribution in [1.29, 1.82) is 0 Å². The Morgan fingerprint density at radius 3 is 1.16 bits per heavy atom. The SMILES string of the molecule is CC(C)(C)c1cc(C(OP(=O)(O)O)c2cc(C(C)(C)C)cc(C(C)(C)C)c2O)c(O)c(C(C)(C)C)c1.[H-].[Na+]. The molecule has 0 aliphatic carbocycles. The van der Waals surface area contributed by atoms with Crippen LogP contribution in [-0.2, 0) is 30.7 Å². The van der Waals surface area contributed by atoms with E-state index in [0.29, 0.717) is 11.1 Å². The Morgan fingerprint density at radius 1 is 0.649 bits per heavy atom. The van der Waals surface area contributed by atoms with Gasteiger partial charge in [-0.2, -0.15) is 0 Å². The number of rotatable bonds is 4. The molecule has 0 amide bonds. The molecule has 204 valence electrons. The van der Waals surface area contributed by atoms with E-state index in [9.17, 15) is 24.6 Å². The molecule has 0 radical (unpaired) electrons. The summed E-state index contributed by atoms with van der Waals surface area (Å²) in [4.78, 5) is 19.9. The Hall–Kier alpha value is -0.850. The molecule has 0 aliphatic heterocycles. The van der Waals surface area contributed by atoms with Crippen LogP contribution < -0.4 is 29.6 Å². The van der Waals surface area contributed by atoms with Gasteiger partial charge in [0.2, 0.25) is 0 Å². The Balaban J connectivity index is 0.00000684. The molecule has 6 nitrogen and oxygen atoms in total. The second-order valence-electron chi connectivity index (χ2n) is 13.9. The van der Waals surface area contributed by atoms with Crippen LogP contribution in [-0.4, -0.2) is 20.0 Å². The molecule has 8 heteroatoms. The first-order valence-electron chi connectivity index (χ1n) is 12.3. The van der Waals surface area contributed by atoms with Crippen LogP contribution >= 0.6 is 7.82 Å². The first-order valence-corrected chi connectivity index (χ1v) is 13.9. The monoisotopic (exact) mass is 544 g/mol. The van der Waals surface area contributed by atoms with Gasteiger partial charge in [0, 0.05) is 11.1 Å². The summed E-state index contributed by atoms with van der Waals surface area (Å²) >= 11 is 0. The van der Waals surface area contributed by atoms with E-state index in [-0.39, 0.29) is 64.4 Å². The second-order valence-corrected chi connectivity index (χ2v) is 15.1. The average Bonchev–Trinajstić information content (AvgIpc) is 2.62. The third-order valence-corrected chi connectivity index (χ3v) is 6.92. The van der Waals surface area contributed by atoms with Crippen molar-refractivity contribution in [2.75, 3.05) is 0 Å². The fourth-order valence-electron chi connectivity index (χ4n) is 4.14. The minimum Gasteiger partial charge on any atom is -1.00 e. The fraction of sp³-hybridized carbons (Fsp3) is 0.586. The normalized spacial score (nSPS) is 13.6. The maximum absolute atomic E-state index is 12.2. The van der Waals surface area contributed by atoms with Crippen molar-refractivity contribution in [3.63, 3.8) is 0 Å². The molecule has 0 unspecified atom stereocenters. The second kappa shape index (κ2) is 11.0. The minimum atomic E-state index is -5.04. The Kier molecular flexibility index (Phi) is 10.1. The van der Waals surface area contributed by atoms with E-state index in [0.717, 1.165) is 11.1 Å². The van der Waals surface area contributed by atoms with E-state index in [4.69, 9.17) is 4.52 Å². The number of phenols is 2. The summed E-state index contributed by atoms with van der Waals surface area (Å²) in [5.41, 5.74) is 1.87. The molecule has 0 bridgehead atoms. The molecular weight excluding hydrogens is 498 g/mol. The van der Waals surface area contributed by atoms with Crippen molar-refractivity contribution in [3.8, 4) is 11.5 Å². The van der Waals surface area contributed by atoms with Gasteiger partial charge in [0.25, 0.3) is 0 Å². The van der Waals surface area contributed by atoms with E-state index in [2.05, 4.69) is 0 Å². The number of benzene rings is 2. The number of aromatic hydroxyl groups is 2. The molecule has 0 aromatic heterocycles. The molecule has 0 fully saturated rings. The molecule has 2 rings (SSSR count). The van der Waals surface area contributed by atoms with Crippen LogP contribution in [0.4, 0.5) is 0 Å². The van der Waals surface area contributed by atoms with Crippen molar-refractivity contribution < 1.29 is 60.1 Å². The first kappa shape index (κ1) is 34.2. The Morgan fingerprint density at radius 2 is 0.946 bits per heavy atom. The van der Waals surface area contributed by atoms with Gasteiger partial charge in [-0.15, -0.1) is 0 Å². The van der Waals surface area contributed by atoms with Gasteiger partial charge < -0.3 is 21.4 Å². The molecule has 0 spiro atoms. The summed E-state index contributed by atoms with van der Waals surface area (Å²) < 4.78 is 17.6. The van der Waals surface area contributed by atoms with E-state index < -0.39 is 24.8 Å². The minimum absolute atomic E-state index is 0. The molecular formula is C29H46NaO6P. The van der Waals surface area contributed by atoms with Crippen LogP contribution in [0.1, 0.15) is 124 Å². The number of hydrogen-bond acceptors (Lipinski definition) is 4. The summed E-state index contributed by atoms with van der Waals surface area (Å²) in [6.45, 7) is 24.0. The summed E-state index contributed by atoms with van der Waals surface area (Å²) in [5, 5.41) is 23.0. The van der Waals surface area contributed by atoms with Gasteiger partial charge in [-0.25, -0.2) is 4.57 Å². The zero-order valence-corrected chi connectivity index (χ0v) is 27.8. The van der Waals surface area contributed by atoms with Crippen molar-refractivity contribution in [2.45, 2.75) is 111 Å².